The summed E-state index contributed by atoms with van der Waals surface area (Å²) in [5.41, 5.74) is 1.63. The van der Waals surface area contributed by atoms with Gasteiger partial charge < -0.3 is 4.74 Å². The van der Waals surface area contributed by atoms with Gasteiger partial charge in [-0.05, 0) is 38.1 Å². The average Bonchev–Trinajstić information content (AvgIpc) is 2.56. The third-order valence-corrected chi connectivity index (χ3v) is 3.99. The van der Waals surface area contributed by atoms with Gasteiger partial charge in [0.1, 0.15) is 16.5 Å². The van der Waals surface area contributed by atoms with Crippen LogP contribution in [0.5, 0.6) is 5.75 Å². The molecule has 0 aliphatic rings. The minimum Gasteiger partial charge on any atom is -0.494 e. The third kappa shape index (κ3) is 4.07. The van der Waals surface area contributed by atoms with Gasteiger partial charge in [-0.15, -0.1) is 0 Å². The summed E-state index contributed by atoms with van der Waals surface area (Å²) in [7, 11) is 0. The number of rotatable bonds is 5. The number of hydrogen-bond donors (Lipinski definition) is 0. The predicted molar refractivity (Wildman–Crippen MR) is 91.7 cm³/mol. The lowest BCUT2D eigenvalue weighted by molar-refractivity contribution is 0.340. The van der Waals surface area contributed by atoms with Gasteiger partial charge in [-0.2, -0.15) is 0 Å². The standard InChI is InChI=1S/C18H17N3OS/c1-3-22-14-9-10-19-16(12-14)18-20-13(2)11-17(21-18)23-15-7-5-4-6-8-15/h4-12H,3H2,1-2H3. The van der Waals surface area contributed by atoms with Crippen LogP contribution in [0, 0.1) is 6.92 Å². The van der Waals surface area contributed by atoms with Gasteiger partial charge in [-0.3, -0.25) is 4.98 Å². The molecular formula is C18H17N3OS. The number of aryl methyl sites for hydroxylation is 1. The molecule has 0 unspecified atom stereocenters. The van der Waals surface area contributed by atoms with Crippen molar-refractivity contribution >= 4 is 11.8 Å². The Morgan fingerprint density at radius 1 is 1.04 bits per heavy atom. The minimum atomic E-state index is 0.616. The lowest BCUT2D eigenvalue weighted by Crippen LogP contribution is -1.97. The summed E-state index contributed by atoms with van der Waals surface area (Å²) < 4.78 is 5.52. The molecule has 23 heavy (non-hydrogen) atoms. The first-order chi connectivity index (χ1) is 11.2. The molecule has 3 aromatic rings. The molecular weight excluding hydrogens is 306 g/mol. The van der Waals surface area contributed by atoms with Crippen molar-refractivity contribution < 1.29 is 4.74 Å². The van der Waals surface area contributed by atoms with Gasteiger partial charge in [-0.1, -0.05) is 30.0 Å². The summed E-state index contributed by atoms with van der Waals surface area (Å²) in [6.07, 6.45) is 1.72. The second kappa shape index (κ2) is 7.24. The van der Waals surface area contributed by atoms with E-state index in [9.17, 15) is 0 Å². The van der Waals surface area contributed by atoms with Gasteiger partial charge in [-0.25, -0.2) is 9.97 Å². The van der Waals surface area contributed by atoms with Crippen molar-refractivity contribution in [2.75, 3.05) is 6.61 Å². The number of aromatic nitrogens is 3. The Morgan fingerprint density at radius 3 is 2.65 bits per heavy atom. The first-order valence-corrected chi connectivity index (χ1v) is 8.24. The molecule has 1 aromatic carbocycles. The van der Waals surface area contributed by atoms with Gasteiger partial charge in [0.15, 0.2) is 5.82 Å². The van der Waals surface area contributed by atoms with E-state index < -0.39 is 0 Å². The topological polar surface area (TPSA) is 47.9 Å². The van der Waals surface area contributed by atoms with E-state index in [1.165, 1.54) is 0 Å². The summed E-state index contributed by atoms with van der Waals surface area (Å²) in [5.74, 6) is 1.39. The predicted octanol–water partition coefficient (Wildman–Crippen LogP) is 4.40. The summed E-state index contributed by atoms with van der Waals surface area (Å²) in [6, 6.07) is 15.9. The molecule has 116 valence electrons. The fourth-order valence-electron chi connectivity index (χ4n) is 2.11. The van der Waals surface area contributed by atoms with Crippen LogP contribution in [0.3, 0.4) is 0 Å². The molecule has 0 fully saturated rings. The Balaban J connectivity index is 1.92. The lowest BCUT2D eigenvalue weighted by Gasteiger charge is -2.07. The van der Waals surface area contributed by atoms with Crippen molar-refractivity contribution in [2.24, 2.45) is 0 Å². The van der Waals surface area contributed by atoms with E-state index in [2.05, 4.69) is 27.1 Å². The molecule has 0 amide bonds. The SMILES string of the molecule is CCOc1ccnc(-c2nc(C)cc(Sc3ccccc3)n2)c1. The van der Waals surface area contributed by atoms with E-state index in [4.69, 9.17) is 4.74 Å². The van der Waals surface area contributed by atoms with Crippen molar-refractivity contribution in [3.8, 4) is 17.3 Å². The first kappa shape index (κ1) is 15.5. The van der Waals surface area contributed by atoms with Crippen LogP contribution in [0.2, 0.25) is 0 Å². The van der Waals surface area contributed by atoms with Crippen molar-refractivity contribution in [2.45, 2.75) is 23.8 Å². The monoisotopic (exact) mass is 323 g/mol. The molecule has 5 heteroatoms. The molecule has 0 aliphatic carbocycles. The highest BCUT2D eigenvalue weighted by molar-refractivity contribution is 7.99. The van der Waals surface area contributed by atoms with Gasteiger partial charge in [0, 0.05) is 22.9 Å². The number of ether oxygens (including phenoxy) is 1. The maximum absolute atomic E-state index is 5.52. The molecule has 2 heterocycles. The lowest BCUT2D eigenvalue weighted by atomic mass is 10.3. The summed E-state index contributed by atoms with van der Waals surface area (Å²) in [6.45, 7) is 4.54. The second-order valence-corrected chi connectivity index (χ2v) is 5.99. The zero-order valence-corrected chi connectivity index (χ0v) is 13.9. The zero-order chi connectivity index (χ0) is 16.1. The van der Waals surface area contributed by atoms with Gasteiger partial charge in [0.05, 0.1) is 6.61 Å². The smallest absolute Gasteiger partial charge is 0.179 e. The van der Waals surface area contributed by atoms with Crippen molar-refractivity contribution in [1.82, 2.24) is 15.0 Å². The van der Waals surface area contributed by atoms with Crippen LogP contribution in [0.15, 0.2) is 64.6 Å². The fraction of sp³-hybridized carbons (Fsp3) is 0.167. The molecule has 4 nitrogen and oxygen atoms in total. The highest BCUT2D eigenvalue weighted by Gasteiger charge is 2.09. The quantitative estimate of drug-likeness (QED) is 0.651. The highest BCUT2D eigenvalue weighted by atomic mass is 32.2. The largest absolute Gasteiger partial charge is 0.494 e. The first-order valence-electron chi connectivity index (χ1n) is 7.42. The van der Waals surface area contributed by atoms with Crippen LogP contribution < -0.4 is 4.74 Å². The summed E-state index contributed by atoms with van der Waals surface area (Å²) in [5, 5.41) is 0.905. The molecule has 0 spiro atoms. The molecule has 0 radical (unpaired) electrons. The van der Waals surface area contributed by atoms with Crippen LogP contribution in [0.25, 0.3) is 11.5 Å². The normalized spacial score (nSPS) is 10.5. The number of pyridine rings is 1. The van der Waals surface area contributed by atoms with Gasteiger partial charge in [0.2, 0.25) is 0 Å². The van der Waals surface area contributed by atoms with Crippen molar-refractivity contribution in [3.63, 3.8) is 0 Å². The van der Waals surface area contributed by atoms with Crippen LogP contribution in [0.1, 0.15) is 12.6 Å². The average molecular weight is 323 g/mol. The van der Waals surface area contributed by atoms with E-state index in [0.717, 1.165) is 27.1 Å². The highest BCUT2D eigenvalue weighted by Crippen LogP contribution is 2.28. The molecule has 0 N–H and O–H groups in total. The second-order valence-electron chi connectivity index (χ2n) is 4.90. The number of benzene rings is 1. The van der Waals surface area contributed by atoms with E-state index >= 15 is 0 Å². The van der Waals surface area contributed by atoms with Crippen molar-refractivity contribution in [3.05, 3.63) is 60.4 Å². The zero-order valence-electron chi connectivity index (χ0n) is 13.1. The Kier molecular flexibility index (Phi) is 4.88. The molecule has 0 aliphatic heterocycles. The molecule has 2 aromatic heterocycles. The van der Waals surface area contributed by atoms with Gasteiger partial charge >= 0.3 is 0 Å². The maximum atomic E-state index is 5.52. The molecule has 0 atom stereocenters. The van der Waals surface area contributed by atoms with Crippen LogP contribution in [-0.2, 0) is 0 Å². The summed E-state index contributed by atoms with van der Waals surface area (Å²) >= 11 is 1.61. The summed E-state index contributed by atoms with van der Waals surface area (Å²) in [4.78, 5) is 14.7. The van der Waals surface area contributed by atoms with E-state index in [1.807, 2.05) is 50.2 Å². The van der Waals surface area contributed by atoms with Crippen LogP contribution >= 0.6 is 11.8 Å². The van der Waals surface area contributed by atoms with Crippen LogP contribution in [0.4, 0.5) is 0 Å². The van der Waals surface area contributed by atoms with E-state index in [1.54, 1.807) is 18.0 Å². The Morgan fingerprint density at radius 2 is 1.87 bits per heavy atom. The number of hydrogen-bond acceptors (Lipinski definition) is 5. The Hall–Kier alpha value is -2.40. The molecule has 0 saturated heterocycles. The Bertz CT molecular complexity index is 793. The van der Waals surface area contributed by atoms with E-state index in [-0.39, 0.29) is 0 Å². The molecule has 0 bridgehead atoms. The maximum Gasteiger partial charge on any atom is 0.179 e. The fourth-order valence-corrected chi connectivity index (χ4v) is 3.00. The minimum absolute atomic E-state index is 0.616. The number of nitrogens with zero attached hydrogens (tertiary/aromatic N) is 3. The Labute approximate surface area is 140 Å². The van der Waals surface area contributed by atoms with E-state index in [0.29, 0.717) is 12.4 Å². The molecule has 3 rings (SSSR count). The van der Waals surface area contributed by atoms with Crippen molar-refractivity contribution in [1.29, 1.82) is 0 Å². The molecule has 0 saturated carbocycles. The van der Waals surface area contributed by atoms with Gasteiger partial charge in [0.25, 0.3) is 0 Å². The third-order valence-electron chi connectivity index (χ3n) is 3.07. The van der Waals surface area contributed by atoms with Crippen LogP contribution in [-0.4, -0.2) is 21.6 Å².